The maximum Gasteiger partial charge on any atom is 0.280 e. The van der Waals surface area contributed by atoms with E-state index in [4.69, 9.17) is 4.98 Å². The zero-order valence-electron chi connectivity index (χ0n) is 16.0. The number of benzene rings is 2. The molecule has 0 saturated heterocycles. The number of sulfonamides is 1. The number of rotatable bonds is 6. The van der Waals surface area contributed by atoms with Gasteiger partial charge in [-0.05, 0) is 26.0 Å². The Hall–Kier alpha value is -2.97. The number of thiazole rings is 1. The molecule has 29 heavy (non-hydrogen) atoms. The van der Waals surface area contributed by atoms with Crippen molar-refractivity contribution in [1.29, 1.82) is 0 Å². The SMILES string of the molecule is CC(C)n1cnc(S(=O)(=O)Nc2cccc(-c3csc(-c4ccccc4)n3)c2)c1. The molecule has 2 heterocycles. The van der Waals surface area contributed by atoms with Crippen LogP contribution in [0.3, 0.4) is 0 Å². The molecule has 0 bridgehead atoms. The summed E-state index contributed by atoms with van der Waals surface area (Å²) < 4.78 is 29.7. The first kappa shape index (κ1) is 19.4. The van der Waals surface area contributed by atoms with Crippen LogP contribution in [0.4, 0.5) is 5.69 Å². The average Bonchev–Trinajstić information content (AvgIpc) is 3.39. The van der Waals surface area contributed by atoms with E-state index in [2.05, 4.69) is 9.71 Å². The van der Waals surface area contributed by atoms with Crippen LogP contribution in [0.1, 0.15) is 19.9 Å². The third-order valence-electron chi connectivity index (χ3n) is 4.38. The van der Waals surface area contributed by atoms with E-state index in [0.717, 1.165) is 21.8 Å². The van der Waals surface area contributed by atoms with E-state index in [1.165, 1.54) is 12.5 Å². The molecule has 8 heteroatoms. The molecule has 4 rings (SSSR count). The molecule has 0 spiro atoms. The van der Waals surface area contributed by atoms with Gasteiger partial charge in [0.2, 0.25) is 0 Å². The first-order valence-electron chi connectivity index (χ1n) is 9.10. The molecule has 6 nitrogen and oxygen atoms in total. The van der Waals surface area contributed by atoms with Gasteiger partial charge in [-0.25, -0.2) is 9.97 Å². The molecule has 0 fully saturated rings. The Morgan fingerprint density at radius 3 is 2.52 bits per heavy atom. The van der Waals surface area contributed by atoms with Crippen LogP contribution in [0.15, 0.2) is 77.5 Å². The van der Waals surface area contributed by atoms with Crippen molar-refractivity contribution in [1.82, 2.24) is 14.5 Å². The van der Waals surface area contributed by atoms with Gasteiger partial charge in [0.25, 0.3) is 10.0 Å². The van der Waals surface area contributed by atoms with Gasteiger partial charge in [0.1, 0.15) is 5.01 Å². The van der Waals surface area contributed by atoms with Gasteiger partial charge in [-0.3, -0.25) is 4.72 Å². The van der Waals surface area contributed by atoms with Gasteiger partial charge in [-0.15, -0.1) is 11.3 Å². The van der Waals surface area contributed by atoms with Gasteiger partial charge in [0, 0.05) is 34.4 Å². The Bertz CT molecular complexity index is 1230. The van der Waals surface area contributed by atoms with Gasteiger partial charge in [0.05, 0.1) is 12.0 Å². The lowest BCUT2D eigenvalue weighted by Gasteiger charge is -2.07. The number of hydrogen-bond acceptors (Lipinski definition) is 5. The van der Waals surface area contributed by atoms with E-state index < -0.39 is 10.0 Å². The summed E-state index contributed by atoms with van der Waals surface area (Å²) in [7, 11) is -3.76. The molecular weight excluding hydrogens is 404 g/mol. The smallest absolute Gasteiger partial charge is 0.280 e. The Morgan fingerprint density at radius 1 is 1.03 bits per heavy atom. The molecule has 0 radical (unpaired) electrons. The molecule has 2 aromatic heterocycles. The number of nitrogens with zero attached hydrogens (tertiary/aromatic N) is 3. The molecule has 0 unspecified atom stereocenters. The summed E-state index contributed by atoms with van der Waals surface area (Å²) in [5.74, 6) is 0. The minimum absolute atomic E-state index is 0.00312. The van der Waals surface area contributed by atoms with Crippen molar-refractivity contribution in [2.24, 2.45) is 0 Å². The van der Waals surface area contributed by atoms with Crippen molar-refractivity contribution in [3.8, 4) is 21.8 Å². The summed E-state index contributed by atoms with van der Waals surface area (Å²) in [4.78, 5) is 8.72. The predicted molar refractivity (Wildman–Crippen MR) is 116 cm³/mol. The van der Waals surface area contributed by atoms with Crippen LogP contribution >= 0.6 is 11.3 Å². The van der Waals surface area contributed by atoms with E-state index in [1.54, 1.807) is 34.1 Å². The Labute approximate surface area is 174 Å². The summed E-state index contributed by atoms with van der Waals surface area (Å²) in [5.41, 5.74) is 3.17. The standard InChI is InChI=1S/C21H20N4O2S2/c1-15(2)25-12-20(22-14-25)29(26,27)24-18-10-6-9-17(11-18)19-13-28-21(23-19)16-7-4-3-5-8-16/h3-15,24H,1-2H3. The highest BCUT2D eigenvalue weighted by molar-refractivity contribution is 7.92. The lowest BCUT2D eigenvalue weighted by Crippen LogP contribution is -2.13. The van der Waals surface area contributed by atoms with Gasteiger partial charge < -0.3 is 4.57 Å². The van der Waals surface area contributed by atoms with Crippen LogP contribution in [0.2, 0.25) is 0 Å². The van der Waals surface area contributed by atoms with E-state index in [0.29, 0.717) is 5.69 Å². The predicted octanol–water partition coefficient (Wildman–Crippen LogP) is 5.06. The summed E-state index contributed by atoms with van der Waals surface area (Å²) in [6.45, 7) is 3.93. The first-order valence-corrected chi connectivity index (χ1v) is 11.5. The monoisotopic (exact) mass is 424 g/mol. The Kier molecular flexibility index (Phi) is 5.21. The Balaban J connectivity index is 1.58. The fraction of sp³-hybridized carbons (Fsp3) is 0.143. The maximum atomic E-state index is 12.7. The molecule has 0 atom stereocenters. The van der Waals surface area contributed by atoms with Crippen molar-refractivity contribution < 1.29 is 8.42 Å². The zero-order valence-corrected chi connectivity index (χ0v) is 17.6. The van der Waals surface area contributed by atoms with Crippen molar-refractivity contribution in [2.75, 3.05) is 4.72 Å². The van der Waals surface area contributed by atoms with Crippen molar-refractivity contribution in [3.05, 3.63) is 72.5 Å². The third kappa shape index (κ3) is 4.23. The third-order valence-corrected chi connectivity index (χ3v) is 6.54. The minimum atomic E-state index is -3.76. The van der Waals surface area contributed by atoms with Crippen LogP contribution in [0, 0.1) is 0 Å². The minimum Gasteiger partial charge on any atom is -0.334 e. The summed E-state index contributed by atoms with van der Waals surface area (Å²) in [5, 5.41) is 2.89. The first-order chi connectivity index (χ1) is 13.9. The van der Waals surface area contributed by atoms with E-state index in [9.17, 15) is 8.42 Å². The highest BCUT2D eigenvalue weighted by Gasteiger charge is 2.18. The van der Waals surface area contributed by atoms with Crippen LogP contribution in [0.5, 0.6) is 0 Å². The average molecular weight is 425 g/mol. The van der Waals surface area contributed by atoms with E-state index >= 15 is 0 Å². The summed E-state index contributed by atoms with van der Waals surface area (Å²) in [6, 6.07) is 17.3. The lowest BCUT2D eigenvalue weighted by atomic mass is 10.1. The summed E-state index contributed by atoms with van der Waals surface area (Å²) in [6.07, 6.45) is 3.06. The quantitative estimate of drug-likeness (QED) is 0.470. The second-order valence-corrected chi connectivity index (χ2v) is 9.33. The topological polar surface area (TPSA) is 76.9 Å². The van der Waals surface area contributed by atoms with Gasteiger partial charge >= 0.3 is 0 Å². The molecule has 2 aromatic carbocycles. The molecular formula is C21H20N4O2S2. The van der Waals surface area contributed by atoms with Crippen LogP contribution in [0.25, 0.3) is 21.8 Å². The number of anilines is 1. The Morgan fingerprint density at radius 2 is 1.79 bits per heavy atom. The summed E-state index contributed by atoms with van der Waals surface area (Å²) >= 11 is 1.56. The van der Waals surface area contributed by atoms with Crippen LogP contribution in [-0.2, 0) is 10.0 Å². The molecule has 0 aliphatic rings. The second-order valence-electron chi connectivity index (χ2n) is 6.84. The van der Waals surface area contributed by atoms with Gasteiger partial charge in [-0.2, -0.15) is 8.42 Å². The largest absolute Gasteiger partial charge is 0.334 e. The lowest BCUT2D eigenvalue weighted by molar-refractivity contribution is 0.591. The van der Waals surface area contributed by atoms with Gasteiger partial charge in [0.15, 0.2) is 5.03 Å². The van der Waals surface area contributed by atoms with Crippen LogP contribution < -0.4 is 4.72 Å². The molecule has 0 amide bonds. The highest BCUT2D eigenvalue weighted by atomic mass is 32.2. The van der Waals surface area contributed by atoms with Gasteiger partial charge in [-0.1, -0.05) is 42.5 Å². The molecule has 1 N–H and O–H groups in total. The second kappa shape index (κ2) is 7.81. The molecule has 4 aromatic rings. The number of aromatic nitrogens is 3. The number of hydrogen-bond donors (Lipinski definition) is 1. The number of imidazole rings is 1. The fourth-order valence-corrected chi connectivity index (χ4v) is 4.63. The maximum absolute atomic E-state index is 12.7. The van der Waals surface area contributed by atoms with Crippen molar-refractivity contribution >= 4 is 27.0 Å². The molecule has 0 aliphatic heterocycles. The van der Waals surface area contributed by atoms with E-state index in [-0.39, 0.29) is 11.1 Å². The van der Waals surface area contributed by atoms with E-state index in [1.807, 2.05) is 55.6 Å². The normalized spacial score (nSPS) is 11.7. The molecule has 0 aliphatic carbocycles. The zero-order chi connectivity index (χ0) is 20.4. The van der Waals surface area contributed by atoms with Crippen molar-refractivity contribution in [3.63, 3.8) is 0 Å². The number of nitrogens with one attached hydrogen (secondary N) is 1. The molecule has 148 valence electrons. The van der Waals surface area contributed by atoms with Crippen molar-refractivity contribution in [2.45, 2.75) is 24.9 Å². The highest BCUT2D eigenvalue weighted by Crippen LogP contribution is 2.30. The fourth-order valence-electron chi connectivity index (χ4n) is 2.81. The molecule has 0 saturated carbocycles. The van der Waals surface area contributed by atoms with Crippen LogP contribution in [-0.4, -0.2) is 23.0 Å².